The van der Waals surface area contributed by atoms with Gasteiger partial charge in [-0.25, -0.2) is 14.8 Å². The van der Waals surface area contributed by atoms with Crippen molar-refractivity contribution < 1.29 is 0 Å². The van der Waals surface area contributed by atoms with Crippen molar-refractivity contribution in [2.45, 2.75) is 37.0 Å². The van der Waals surface area contributed by atoms with Crippen molar-refractivity contribution in [1.29, 1.82) is 0 Å². The fraction of sp³-hybridized carbons (Fsp3) is 0.389. The van der Waals surface area contributed by atoms with Crippen LogP contribution in [-0.4, -0.2) is 24.1 Å². The summed E-state index contributed by atoms with van der Waals surface area (Å²) in [5.41, 5.74) is 0.311. The molecule has 0 fully saturated rings. The molecule has 0 bridgehead atoms. The maximum absolute atomic E-state index is 12.7. The van der Waals surface area contributed by atoms with Gasteiger partial charge < -0.3 is 0 Å². The molecule has 0 aromatic carbocycles. The molecule has 26 heavy (non-hydrogen) atoms. The molecule has 0 aliphatic heterocycles. The molecule has 7 nitrogen and oxygen atoms in total. The summed E-state index contributed by atoms with van der Waals surface area (Å²) >= 11 is 1.45. The van der Waals surface area contributed by atoms with Crippen molar-refractivity contribution in [3.05, 3.63) is 56.8 Å². The highest BCUT2D eigenvalue weighted by atomic mass is 32.2. The van der Waals surface area contributed by atoms with Crippen molar-refractivity contribution in [2.75, 3.05) is 0 Å². The van der Waals surface area contributed by atoms with E-state index in [1.807, 2.05) is 32.9 Å². The van der Waals surface area contributed by atoms with Gasteiger partial charge in [0.05, 0.1) is 0 Å². The van der Waals surface area contributed by atoms with E-state index in [9.17, 15) is 9.59 Å². The molecule has 0 spiro atoms. The van der Waals surface area contributed by atoms with Crippen LogP contribution < -0.4 is 11.2 Å². The van der Waals surface area contributed by atoms with Crippen LogP contribution in [0.2, 0.25) is 0 Å². The lowest BCUT2D eigenvalue weighted by Gasteiger charge is -2.19. The van der Waals surface area contributed by atoms with Gasteiger partial charge in [0, 0.05) is 37.7 Å². The van der Waals surface area contributed by atoms with Gasteiger partial charge in [0.2, 0.25) is 0 Å². The molecule has 0 saturated heterocycles. The highest BCUT2D eigenvalue weighted by Crippen LogP contribution is 2.28. The maximum atomic E-state index is 12.7. The first kappa shape index (κ1) is 18.3. The Morgan fingerprint density at radius 1 is 1.12 bits per heavy atom. The van der Waals surface area contributed by atoms with Crippen molar-refractivity contribution in [3.63, 3.8) is 0 Å². The van der Waals surface area contributed by atoms with Gasteiger partial charge in [0.1, 0.15) is 16.2 Å². The zero-order chi connectivity index (χ0) is 19.1. The average Bonchev–Trinajstić information content (AvgIpc) is 2.62. The smallest absolute Gasteiger partial charge is 0.280 e. The first-order valence-corrected chi connectivity index (χ1v) is 9.18. The number of aryl methyl sites for hydroxylation is 1. The van der Waals surface area contributed by atoms with Crippen LogP contribution in [0.3, 0.4) is 0 Å². The summed E-state index contributed by atoms with van der Waals surface area (Å²) in [5.74, 6) is 1.22. The highest BCUT2D eigenvalue weighted by molar-refractivity contribution is 7.98. The molecular formula is C18H21N5O2S. The Morgan fingerprint density at radius 3 is 2.46 bits per heavy atom. The number of rotatable bonds is 3. The van der Waals surface area contributed by atoms with E-state index in [0.29, 0.717) is 27.6 Å². The molecule has 0 saturated carbocycles. The van der Waals surface area contributed by atoms with Gasteiger partial charge in [-0.3, -0.25) is 18.9 Å². The quantitative estimate of drug-likeness (QED) is 0.517. The van der Waals surface area contributed by atoms with Crippen molar-refractivity contribution in [1.82, 2.24) is 24.1 Å². The van der Waals surface area contributed by atoms with Gasteiger partial charge in [-0.1, -0.05) is 26.8 Å². The molecule has 0 aliphatic carbocycles. The fourth-order valence-corrected chi connectivity index (χ4v) is 3.45. The molecule has 3 aromatic rings. The van der Waals surface area contributed by atoms with E-state index in [4.69, 9.17) is 0 Å². The van der Waals surface area contributed by atoms with Gasteiger partial charge in [0.25, 0.3) is 5.56 Å². The third kappa shape index (κ3) is 3.29. The van der Waals surface area contributed by atoms with E-state index in [-0.39, 0.29) is 11.0 Å². The second kappa shape index (κ2) is 6.68. The Labute approximate surface area is 155 Å². The topological polar surface area (TPSA) is 82.7 Å². The van der Waals surface area contributed by atoms with Gasteiger partial charge in [0.15, 0.2) is 5.65 Å². The average molecular weight is 371 g/mol. The molecule has 0 atom stereocenters. The second-order valence-electron chi connectivity index (χ2n) is 7.16. The summed E-state index contributed by atoms with van der Waals surface area (Å²) in [7, 11) is 3.09. The van der Waals surface area contributed by atoms with Crippen LogP contribution in [0.4, 0.5) is 0 Å². The van der Waals surface area contributed by atoms with E-state index < -0.39 is 5.69 Å². The minimum atomic E-state index is -0.399. The van der Waals surface area contributed by atoms with Crippen LogP contribution in [-0.2, 0) is 25.3 Å². The van der Waals surface area contributed by atoms with Crippen LogP contribution in [0.25, 0.3) is 11.0 Å². The molecule has 0 amide bonds. The number of hydrogen-bond donors (Lipinski definition) is 0. The van der Waals surface area contributed by atoms with Crippen LogP contribution >= 0.6 is 11.8 Å². The molecular weight excluding hydrogens is 350 g/mol. The van der Waals surface area contributed by atoms with Crippen LogP contribution in [0.1, 0.15) is 32.2 Å². The van der Waals surface area contributed by atoms with Gasteiger partial charge >= 0.3 is 5.69 Å². The Hall–Kier alpha value is -2.48. The molecule has 0 unspecified atom stereocenters. The Morgan fingerprint density at radius 2 is 1.85 bits per heavy atom. The first-order valence-electron chi connectivity index (χ1n) is 8.20. The van der Waals surface area contributed by atoms with Gasteiger partial charge in [-0.15, -0.1) is 11.8 Å². The van der Waals surface area contributed by atoms with E-state index >= 15 is 0 Å². The van der Waals surface area contributed by atoms with Crippen LogP contribution in [0, 0.1) is 0 Å². The van der Waals surface area contributed by atoms with Gasteiger partial charge in [-0.05, 0) is 11.6 Å². The van der Waals surface area contributed by atoms with Crippen LogP contribution in [0.5, 0.6) is 0 Å². The molecule has 8 heteroatoms. The maximum Gasteiger partial charge on any atom is 0.332 e. The van der Waals surface area contributed by atoms with E-state index in [0.717, 1.165) is 10.1 Å². The lowest BCUT2D eigenvalue weighted by molar-refractivity contribution is 0.539. The molecule has 3 heterocycles. The predicted octanol–water partition coefficient (Wildman–Crippen LogP) is 2.01. The fourth-order valence-electron chi connectivity index (χ4n) is 2.50. The van der Waals surface area contributed by atoms with Gasteiger partial charge in [-0.2, -0.15) is 0 Å². The Kier molecular flexibility index (Phi) is 4.70. The summed E-state index contributed by atoms with van der Waals surface area (Å²) in [6, 6.07) is 3.85. The molecule has 0 radical (unpaired) electrons. The highest BCUT2D eigenvalue weighted by Gasteiger charge is 2.23. The number of thioether (sulfide) groups is 1. The summed E-state index contributed by atoms with van der Waals surface area (Å²) in [5, 5.41) is 0.955. The third-order valence-electron chi connectivity index (χ3n) is 4.04. The number of nitrogens with zero attached hydrogens (tertiary/aromatic N) is 5. The zero-order valence-corrected chi connectivity index (χ0v) is 16.3. The number of pyridine rings is 1. The minimum Gasteiger partial charge on any atom is -0.280 e. The lowest BCUT2D eigenvalue weighted by atomic mass is 9.96. The second-order valence-corrected chi connectivity index (χ2v) is 8.12. The molecule has 3 aromatic heterocycles. The van der Waals surface area contributed by atoms with E-state index in [1.165, 1.54) is 23.4 Å². The summed E-state index contributed by atoms with van der Waals surface area (Å²) in [6.45, 7) is 6.01. The Balaban J connectivity index is 2.25. The molecule has 136 valence electrons. The number of fused-ring (bicyclic) bond motifs is 1. The SMILES string of the molecule is Cn1c(=O)c2c(SCc3cccnc3)nc(C(C)(C)C)nc2n(C)c1=O. The Bertz CT molecular complexity index is 1080. The predicted molar refractivity (Wildman–Crippen MR) is 103 cm³/mol. The minimum absolute atomic E-state index is 0.311. The van der Waals surface area contributed by atoms with Crippen molar-refractivity contribution >= 4 is 22.8 Å². The van der Waals surface area contributed by atoms with Crippen LogP contribution in [0.15, 0.2) is 39.1 Å². The third-order valence-corrected chi connectivity index (χ3v) is 5.08. The molecule has 0 aliphatic rings. The monoisotopic (exact) mass is 371 g/mol. The lowest BCUT2D eigenvalue weighted by Crippen LogP contribution is -2.38. The van der Waals surface area contributed by atoms with E-state index in [1.54, 1.807) is 19.4 Å². The summed E-state index contributed by atoms with van der Waals surface area (Å²) < 4.78 is 2.50. The normalized spacial score (nSPS) is 11.9. The van der Waals surface area contributed by atoms with E-state index in [2.05, 4.69) is 15.0 Å². The number of hydrogen-bond acceptors (Lipinski definition) is 6. The number of aromatic nitrogens is 5. The standard InChI is InChI=1S/C18H21N5O2S/c1-18(2,3)16-20-13-12(15(24)23(5)17(25)22(13)4)14(21-16)26-10-11-7-6-8-19-9-11/h6-9H,10H2,1-5H3. The van der Waals surface area contributed by atoms with Crippen molar-refractivity contribution in [2.24, 2.45) is 14.1 Å². The first-order chi connectivity index (χ1) is 12.2. The zero-order valence-electron chi connectivity index (χ0n) is 15.5. The summed E-state index contributed by atoms with van der Waals surface area (Å²) in [4.78, 5) is 38.4. The summed E-state index contributed by atoms with van der Waals surface area (Å²) in [6.07, 6.45) is 3.51. The largest absolute Gasteiger partial charge is 0.332 e. The van der Waals surface area contributed by atoms with Crippen molar-refractivity contribution in [3.8, 4) is 0 Å². The molecule has 3 rings (SSSR count). The molecule has 0 N–H and O–H groups in total.